The fourth-order valence-corrected chi connectivity index (χ4v) is 2.41. The molecule has 0 amide bonds. The Morgan fingerprint density at radius 1 is 1.29 bits per heavy atom. The van der Waals surface area contributed by atoms with Gasteiger partial charge in [-0.05, 0) is 42.5 Å². The fourth-order valence-electron chi connectivity index (χ4n) is 2.41. The number of aromatic nitrogens is 3. The van der Waals surface area contributed by atoms with Crippen LogP contribution >= 0.6 is 0 Å². The molecule has 0 aliphatic carbocycles. The van der Waals surface area contributed by atoms with Crippen LogP contribution in [0.15, 0.2) is 35.4 Å². The van der Waals surface area contributed by atoms with Gasteiger partial charge in [0.15, 0.2) is 6.33 Å². The summed E-state index contributed by atoms with van der Waals surface area (Å²) in [6, 6.07) is 6.69. The van der Waals surface area contributed by atoms with E-state index in [1.54, 1.807) is 25.1 Å². The molecular weight excluding hydrogens is 272 g/mol. The molecule has 1 aromatic carbocycles. The summed E-state index contributed by atoms with van der Waals surface area (Å²) in [5.41, 5.74) is 2.38. The molecular formula is C14H12N4O3. The third-order valence-corrected chi connectivity index (χ3v) is 3.38. The van der Waals surface area contributed by atoms with Crippen molar-refractivity contribution in [3.8, 4) is 5.69 Å². The summed E-state index contributed by atoms with van der Waals surface area (Å²) in [6.45, 7) is 3.44. The molecule has 106 valence electrons. The third-order valence-electron chi connectivity index (χ3n) is 3.38. The maximum atomic E-state index is 11.4. The number of imidazole rings is 1. The minimum absolute atomic E-state index is 0.0572. The molecule has 2 heterocycles. The molecule has 0 unspecified atom stereocenters. The van der Waals surface area contributed by atoms with Gasteiger partial charge >= 0.3 is 5.82 Å². The van der Waals surface area contributed by atoms with E-state index in [1.165, 1.54) is 17.0 Å². The molecule has 0 bridgehead atoms. The van der Waals surface area contributed by atoms with Crippen LogP contribution < -0.4 is 5.56 Å². The summed E-state index contributed by atoms with van der Waals surface area (Å²) in [5.74, 6) is -0.0572. The normalized spacial score (nSPS) is 11.0. The maximum Gasteiger partial charge on any atom is 0.350 e. The minimum Gasteiger partial charge on any atom is -0.358 e. The number of nitro groups is 1. The van der Waals surface area contributed by atoms with Gasteiger partial charge in [0, 0.05) is 11.5 Å². The Labute approximate surface area is 119 Å². The van der Waals surface area contributed by atoms with Crippen molar-refractivity contribution in [2.24, 2.45) is 0 Å². The van der Waals surface area contributed by atoms with Crippen molar-refractivity contribution < 1.29 is 4.92 Å². The number of rotatable bonds is 2. The van der Waals surface area contributed by atoms with E-state index in [9.17, 15) is 14.9 Å². The summed E-state index contributed by atoms with van der Waals surface area (Å²) in [6.07, 6.45) is 1.43. The van der Waals surface area contributed by atoms with Crippen molar-refractivity contribution in [3.05, 3.63) is 62.3 Å². The molecule has 0 saturated heterocycles. The highest BCUT2D eigenvalue weighted by Crippen LogP contribution is 2.25. The van der Waals surface area contributed by atoms with E-state index in [0.717, 1.165) is 16.5 Å². The van der Waals surface area contributed by atoms with Crippen LogP contribution in [-0.2, 0) is 0 Å². The summed E-state index contributed by atoms with van der Waals surface area (Å²) >= 11 is 0. The number of pyridine rings is 1. The van der Waals surface area contributed by atoms with E-state index >= 15 is 0 Å². The van der Waals surface area contributed by atoms with Gasteiger partial charge in [0.25, 0.3) is 0 Å². The van der Waals surface area contributed by atoms with Crippen LogP contribution in [0.5, 0.6) is 0 Å². The van der Waals surface area contributed by atoms with Crippen LogP contribution in [0.25, 0.3) is 16.6 Å². The molecule has 2 aromatic heterocycles. The van der Waals surface area contributed by atoms with Gasteiger partial charge in [-0.15, -0.1) is 0 Å². The average molecular weight is 284 g/mol. The number of aryl methyl sites for hydroxylation is 2. The summed E-state index contributed by atoms with van der Waals surface area (Å²) in [5, 5.41) is 12.0. The number of H-pyrrole nitrogens is 1. The zero-order valence-corrected chi connectivity index (χ0v) is 11.5. The van der Waals surface area contributed by atoms with Crippen molar-refractivity contribution in [3.63, 3.8) is 0 Å². The second kappa shape index (κ2) is 4.55. The Balaban J connectivity index is 2.29. The topological polar surface area (TPSA) is 93.8 Å². The van der Waals surface area contributed by atoms with Crippen LogP contribution in [0.3, 0.4) is 0 Å². The molecule has 7 heteroatoms. The molecule has 3 rings (SSSR count). The van der Waals surface area contributed by atoms with Crippen molar-refractivity contribution >= 4 is 16.7 Å². The minimum atomic E-state index is -0.450. The monoisotopic (exact) mass is 284 g/mol. The predicted molar refractivity (Wildman–Crippen MR) is 77.8 cm³/mol. The Morgan fingerprint density at radius 3 is 2.76 bits per heavy atom. The van der Waals surface area contributed by atoms with Gasteiger partial charge in [-0.1, -0.05) is 0 Å². The second-order valence-corrected chi connectivity index (χ2v) is 4.83. The lowest BCUT2D eigenvalue weighted by atomic mass is 10.1. The number of nitrogens with zero attached hydrogens (tertiary/aromatic N) is 3. The van der Waals surface area contributed by atoms with E-state index in [0.29, 0.717) is 11.4 Å². The highest BCUT2D eigenvalue weighted by atomic mass is 16.6. The zero-order chi connectivity index (χ0) is 15.1. The first-order valence-electron chi connectivity index (χ1n) is 6.30. The molecule has 1 N–H and O–H groups in total. The average Bonchev–Trinajstić information content (AvgIpc) is 2.81. The van der Waals surface area contributed by atoms with Gasteiger partial charge in [-0.3, -0.25) is 4.79 Å². The molecule has 3 aromatic rings. The SMILES string of the molecule is Cc1ncn(-c2cc(C)c3[nH]c(=O)ccc3c2)c1[N+](=O)[O-]. The lowest BCUT2D eigenvalue weighted by Gasteiger charge is -2.06. The first kappa shape index (κ1) is 13.0. The van der Waals surface area contributed by atoms with E-state index < -0.39 is 4.92 Å². The smallest absolute Gasteiger partial charge is 0.350 e. The molecule has 0 saturated carbocycles. The largest absolute Gasteiger partial charge is 0.358 e. The van der Waals surface area contributed by atoms with Crippen LogP contribution in [0.2, 0.25) is 0 Å². The number of hydrogen-bond donors (Lipinski definition) is 1. The first-order valence-corrected chi connectivity index (χ1v) is 6.30. The zero-order valence-electron chi connectivity index (χ0n) is 11.5. The quantitative estimate of drug-likeness (QED) is 0.576. The summed E-state index contributed by atoms with van der Waals surface area (Å²) < 4.78 is 1.44. The Kier molecular flexibility index (Phi) is 2.83. The highest BCUT2D eigenvalue weighted by Gasteiger charge is 2.20. The Morgan fingerprint density at radius 2 is 2.05 bits per heavy atom. The van der Waals surface area contributed by atoms with E-state index in [1.807, 2.05) is 6.92 Å². The predicted octanol–water partition coefficient (Wildman–Crippen LogP) is 2.24. The third kappa shape index (κ3) is 2.08. The Hall–Kier alpha value is -2.96. The number of aromatic amines is 1. The summed E-state index contributed by atoms with van der Waals surface area (Å²) in [7, 11) is 0. The van der Waals surface area contributed by atoms with Crippen molar-refractivity contribution in [2.45, 2.75) is 13.8 Å². The van der Waals surface area contributed by atoms with E-state index in [4.69, 9.17) is 0 Å². The highest BCUT2D eigenvalue weighted by molar-refractivity contribution is 5.84. The lowest BCUT2D eigenvalue weighted by Crippen LogP contribution is -2.05. The molecule has 0 spiro atoms. The molecule has 0 radical (unpaired) electrons. The molecule has 0 fully saturated rings. The standard InChI is InChI=1S/C14H12N4O3/c1-8-5-11(6-10-3-4-12(19)16-13(8)10)17-7-15-9(2)14(17)18(20)21/h3-7H,1-2H3,(H,16,19). The van der Waals surface area contributed by atoms with E-state index in [-0.39, 0.29) is 11.4 Å². The van der Waals surface area contributed by atoms with Crippen molar-refractivity contribution in [1.29, 1.82) is 0 Å². The molecule has 21 heavy (non-hydrogen) atoms. The van der Waals surface area contributed by atoms with Crippen LogP contribution in [-0.4, -0.2) is 19.5 Å². The van der Waals surface area contributed by atoms with Gasteiger partial charge in [-0.25, -0.2) is 4.98 Å². The van der Waals surface area contributed by atoms with E-state index in [2.05, 4.69) is 9.97 Å². The van der Waals surface area contributed by atoms with Gasteiger partial charge < -0.3 is 15.1 Å². The Bertz CT molecular complexity index is 924. The number of nitrogens with one attached hydrogen (secondary N) is 1. The first-order chi connectivity index (χ1) is 9.97. The van der Waals surface area contributed by atoms with Gasteiger partial charge in [-0.2, -0.15) is 4.57 Å². The number of fused-ring (bicyclic) bond motifs is 1. The van der Waals surface area contributed by atoms with Crippen molar-refractivity contribution in [1.82, 2.24) is 14.5 Å². The number of benzene rings is 1. The number of hydrogen-bond acceptors (Lipinski definition) is 4. The van der Waals surface area contributed by atoms with Crippen LogP contribution in [0.4, 0.5) is 5.82 Å². The fraction of sp³-hybridized carbons (Fsp3) is 0.143. The van der Waals surface area contributed by atoms with Gasteiger partial charge in [0.05, 0.1) is 5.52 Å². The molecule has 7 nitrogen and oxygen atoms in total. The summed E-state index contributed by atoms with van der Waals surface area (Å²) in [4.78, 5) is 28.9. The van der Waals surface area contributed by atoms with Crippen LogP contribution in [0.1, 0.15) is 11.3 Å². The van der Waals surface area contributed by atoms with Crippen molar-refractivity contribution in [2.75, 3.05) is 0 Å². The van der Waals surface area contributed by atoms with Gasteiger partial charge in [0.1, 0.15) is 11.4 Å². The second-order valence-electron chi connectivity index (χ2n) is 4.83. The van der Waals surface area contributed by atoms with Gasteiger partial charge in [0.2, 0.25) is 5.56 Å². The molecule has 0 aliphatic rings. The van der Waals surface area contributed by atoms with Crippen LogP contribution in [0, 0.1) is 24.0 Å². The lowest BCUT2D eigenvalue weighted by molar-refractivity contribution is -0.391. The molecule has 0 atom stereocenters. The molecule has 0 aliphatic heterocycles. The maximum absolute atomic E-state index is 11.4.